The lowest BCUT2D eigenvalue weighted by atomic mass is 10.3. The molecule has 0 saturated carbocycles. The van der Waals surface area contributed by atoms with Gasteiger partial charge in [0.1, 0.15) is 5.25 Å². The van der Waals surface area contributed by atoms with Crippen molar-refractivity contribution in [2.75, 3.05) is 6.54 Å². The van der Waals surface area contributed by atoms with Crippen molar-refractivity contribution in [3.63, 3.8) is 0 Å². The number of rotatable bonds is 6. The van der Waals surface area contributed by atoms with Gasteiger partial charge in [-0.1, -0.05) is 31.2 Å². The van der Waals surface area contributed by atoms with E-state index in [9.17, 15) is 13.2 Å². The third kappa shape index (κ3) is 3.71. The van der Waals surface area contributed by atoms with Crippen molar-refractivity contribution in [1.82, 2.24) is 5.32 Å². The summed E-state index contributed by atoms with van der Waals surface area (Å²) in [6.45, 7) is 1.82. The Kier molecular flexibility index (Phi) is 5.14. The maximum absolute atomic E-state index is 12.8. The Morgan fingerprint density at radius 2 is 1.90 bits per heavy atom. The van der Waals surface area contributed by atoms with E-state index in [0.29, 0.717) is 6.42 Å². The molecule has 0 unspecified atom stereocenters. The van der Waals surface area contributed by atoms with E-state index >= 15 is 0 Å². The van der Waals surface area contributed by atoms with Gasteiger partial charge < -0.3 is 5.32 Å². The average molecular weight is 323 g/mol. The van der Waals surface area contributed by atoms with E-state index in [2.05, 4.69) is 5.32 Å². The number of nitrogens with one attached hydrogen (secondary N) is 1. The smallest absolute Gasteiger partial charge is 0.219 e. The molecule has 6 heteroatoms. The van der Waals surface area contributed by atoms with Crippen molar-refractivity contribution < 1.29 is 13.2 Å². The largest absolute Gasteiger partial charge is 0.354 e. The van der Waals surface area contributed by atoms with Crippen LogP contribution in [0.5, 0.6) is 0 Å². The first-order valence-electron chi connectivity index (χ1n) is 6.64. The molecular weight excluding hydrogens is 306 g/mol. The van der Waals surface area contributed by atoms with E-state index in [1.54, 1.807) is 43.3 Å². The Bertz CT molecular complexity index is 679. The maximum Gasteiger partial charge on any atom is 0.219 e. The number of carbonyl (C=O) groups excluding carboxylic acids is 1. The predicted molar refractivity (Wildman–Crippen MR) is 84.0 cm³/mol. The summed E-state index contributed by atoms with van der Waals surface area (Å²) < 4.78 is 25.6. The molecule has 0 bridgehead atoms. The molecule has 1 aromatic carbocycles. The van der Waals surface area contributed by atoms with Crippen molar-refractivity contribution in [1.29, 1.82) is 0 Å². The van der Waals surface area contributed by atoms with Crippen molar-refractivity contribution in [2.24, 2.45) is 0 Å². The molecule has 2 rings (SSSR count). The Morgan fingerprint density at radius 3 is 2.48 bits per heavy atom. The van der Waals surface area contributed by atoms with Gasteiger partial charge in [0.2, 0.25) is 5.91 Å². The zero-order valence-corrected chi connectivity index (χ0v) is 13.3. The van der Waals surface area contributed by atoms with Crippen LogP contribution in [0, 0.1) is 0 Å². The minimum absolute atomic E-state index is 0.0877. The van der Waals surface area contributed by atoms with E-state index < -0.39 is 15.1 Å². The minimum atomic E-state index is -3.53. The van der Waals surface area contributed by atoms with Gasteiger partial charge in [0.15, 0.2) is 9.84 Å². The molecule has 0 aliphatic rings. The number of amides is 1. The minimum Gasteiger partial charge on any atom is -0.354 e. The molecule has 0 spiro atoms. The van der Waals surface area contributed by atoms with Crippen LogP contribution in [-0.4, -0.2) is 20.9 Å². The number of benzene rings is 1. The molecule has 0 radical (unpaired) electrons. The fraction of sp³-hybridized carbons (Fsp3) is 0.267. The molecule has 21 heavy (non-hydrogen) atoms. The van der Waals surface area contributed by atoms with Crippen molar-refractivity contribution in [2.45, 2.75) is 23.5 Å². The highest BCUT2D eigenvalue weighted by molar-refractivity contribution is 7.91. The van der Waals surface area contributed by atoms with Gasteiger partial charge in [-0.25, -0.2) is 8.42 Å². The molecule has 1 heterocycles. The van der Waals surface area contributed by atoms with Crippen molar-refractivity contribution >= 4 is 27.1 Å². The molecule has 1 atom stereocenters. The topological polar surface area (TPSA) is 63.2 Å². The van der Waals surface area contributed by atoms with Crippen LogP contribution < -0.4 is 5.32 Å². The maximum atomic E-state index is 12.8. The summed E-state index contributed by atoms with van der Waals surface area (Å²) in [5.41, 5.74) is 0. The number of hydrogen-bond acceptors (Lipinski definition) is 4. The van der Waals surface area contributed by atoms with Gasteiger partial charge in [0.05, 0.1) is 4.90 Å². The number of sulfone groups is 1. The quantitative estimate of drug-likeness (QED) is 0.889. The van der Waals surface area contributed by atoms with Gasteiger partial charge in [-0.3, -0.25) is 4.79 Å². The van der Waals surface area contributed by atoms with E-state index in [1.807, 2.05) is 11.4 Å². The van der Waals surface area contributed by atoms with E-state index in [1.165, 1.54) is 11.3 Å². The first-order valence-corrected chi connectivity index (χ1v) is 9.07. The van der Waals surface area contributed by atoms with Crippen LogP contribution in [0.2, 0.25) is 0 Å². The molecule has 0 aliphatic carbocycles. The molecule has 112 valence electrons. The van der Waals surface area contributed by atoms with Crippen LogP contribution in [-0.2, 0) is 14.6 Å². The Morgan fingerprint density at radius 1 is 1.19 bits per heavy atom. The first-order chi connectivity index (χ1) is 10.1. The van der Waals surface area contributed by atoms with E-state index in [0.717, 1.165) is 4.88 Å². The van der Waals surface area contributed by atoms with Crippen LogP contribution in [0.25, 0.3) is 0 Å². The predicted octanol–water partition coefficient (Wildman–Crippen LogP) is 2.79. The molecular formula is C15H17NO3S2. The van der Waals surface area contributed by atoms with Crippen LogP contribution >= 0.6 is 11.3 Å². The molecule has 4 nitrogen and oxygen atoms in total. The van der Waals surface area contributed by atoms with Gasteiger partial charge in [-0.05, 0) is 23.6 Å². The zero-order valence-electron chi connectivity index (χ0n) is 11.7. The standard InChI is InChI=1S/C15H17NO3S2/c1-2-15(17)16-11-14(13-9-6-10-20-13)21(18,19)12-7-4-3-5-8-12/h3-10,14H,2,11H2,1H3,(H,16,17)/t14-/m1/s1. The molecule has 1 amide bonds. The van der Waals surface area contributed by atoms with Gasteiger partial charge in [-0.2, -0.15) is 0 Å². The monoisotopic (exact) mass is 323 g/mol. The summed E-state index contributed by atoms with van der Waals surface area (Å²) >= 11 is 1.38. The third-order valence-electron chi connectivity index (χ3n) is 3.11. The Balaban J connectivity index is 2.33. The van der Waals surface area contributed by atoms with Gasteiger partial charge >= 0.3 is 0 Å². The summed E-state index contributed by atoms with van der Waals surface area (Å²) in [4.78, 5) is 12.5. The zero-order chi connectivity index (χ0) is 15.3. The highest BCUT2D eigenvalue weighted by atomic mass is 32.2. The second-order valence-electron chi connectivity index (χ2n) is 4.52. The molecule has 1 aromatic heterocycles. The number of hydrogen-bond donors (Lipinski definition) is 1. The fourth-order valence-corrected chi connectivity index (χ4v) is 4.75. The molecule has 0 fully saturated rings. The number of carbonyl (C=O) groups is 1. The highest BCUT2D eigenvalue weighted by Gasteiger charge is 2.30. The molecule has 0 aliphatic heterocycles. The normalized spacial score (nSPS) is 12.8. The second kappa shape index (κ2) is 6.87. The lowest BCUT2D eigenvalue weighted by molar-refractivity contribution is -0.120. The van der Waals surface area contributed by atoms with Gasteiger partial charge in [0.25, 0.3) is 0 Å². The highest BCUT2D eigenvalue weighted by Crippen LogP contribution is 2.31. The van der Waals surface area contributed by atoms with Gasteiger partial charge in [0, 0.05) is 17.8 Å². The second-order valence-corrected chi connectivity index (χ2v) is 7.63. The lowest BCUT2D eigenvalue weighted by Gasteiger charge is -2.17. The molecule has 0 saturated heterocycles. The lowest BCUT2D eigenvalue weighted by Crippen LogP contribution is -2.31. The number of thiophene rings is 1. The van der Waals surface area contributed by atoms with Crippen molar-refractivity contribution in [3.05, 3.63) is 52.7 Å². The first kappa shape index (κ1) is 15.7. The Hall–Kier alpha value is -1.66. The summed E-state index contributed by atoms with van der Waals surface area (Å²) in [7, 11) is -3.53. The van der Waals surface area contributed by atoms with Crippen LogP contribution in [0.1, 0.15) is 23.5 Å². The summed E-state index contributed by atoms with van der Waals surface area (Å²) in [6.07, 6.45) is 0.336. The summed E-state index contributed by atoms with van der Waals surface area (Å²) in [6, 6.07) is 11.9. The Labute approximate surface area is 128 Å². The molecule has 1 N–H and O–H groups in total. The van der Waals surface area contributed by atoms with E-state index in [4.69, 9.17) is 0 Å². The van der Waals surface area contributed by atoms with Crippen LogP contribution in [0.3, 0.4) is 0 Å². The third-order valence-corrected chi connectivity index (χ3v) is 6.35. The molecule has 2 aromatic rings. The fourth-order valence-electron chi connectivity index (χ4n) is 1.94. The SMILES string of the molecule is CCC(=O)NC[C@H](c1cccs1)S(=O)(=O)c1ccccc1. The summed E-state index contributed by atoms with van der Waals surface area (Å²) in [5, 5.41) is 3.77. The van der Waals surface area contributed by atoms with Crippen LogP contribution in [0.4, 0.5) is 0 Å². The summed E-state index contributed by atoms with van der Waals surface area (Å²) in [5.74, 6) is -0.153. The average Bonchev–Trinajstić information content (AvgIpc) is 3.02. The van der Waals surface area contributed by atoms with Gasteiger partial charge in [-0.15, -0.1) is 11.3 Å². The van der Waals surface area contributed by atoms with Crippen LogP contribution in [0.15, 0.2) is 52.7 Å². The van der Waals surface area contributed by atoms with E-state index in [-0.39, 0.29) is 17.3 Å². The van der Waals surface area contributed by atoms with Crippen molar-refractivity contribution in [3.8, 4) is 0 Å².